The van der Waals surface area contributed by atoms with Crippen molar-refractivity contribution in [2.75, 3.05) is 5.75 Å². The van der Waals surface area contributed by atoms with Crippen LogP contribution < -0.4 is 0 Å². The van der Waals surface area contributed by atoms with Crippen LogP contribution in [0.25, 0.3) is 0 Å². The van der Waals surface area contributed by atoms with Gasteiger partial charge in [-0.25, -0.2) is 4.98 Å². The summed E-state index contributed by atoms with van der Waals surface area (Å²) in [5.41, 5.74) is 0. The van der Waals surface area contributed by atoms with Gasteiger partial charge in [-0.15, -0.1) is 11.3 Å². The van der Waals surface area contributed by atoms with Gasteiger partial charge in [0.1, 0.15) is 0 Å². The molecule has 0 bridgehead atoms. The molecule has 0 aliphatic heterocycles. The molecule has 0 spiro atoms. The van der Waals surface area contributed by atoms with Gasteiger partial charge in [0.05, 0.1) is 0 Å². The molecule has 0 radical (unpaired) electrons. The van der Waals surface area contributed by atoms with Gasteiger partial charge in [-0.3, -0.25) is 0 Å². The number of nitrogens with zero attached hydrogens (tertiary/aromatic N) is 1. The smallest absolute Gasteiger partial charge is 0.183 e. The maximum Gasteiger partial charge on any atom is 0.183 e. The van der Waals surface area contributed by atoms with Crippen LogP contribution >= 0.6 is 34.7 Å². The van der Waals surface area contributed by atoms with Crippen LogP contribution in [0.2, 0.25) is 4.47 Å². The number of hydrogen-bond donors (Lipinski definition) is 0. The molecule has 0 aliphatic rings. The van der Waals surface area contributed by atoms with E-state index in [0.29, 0.717) is 4.47 Å². The largest absolute Gasteiger partial charge is 0.233 e. The van der Waals surface area contributed by atoms with Crippen LogP contribution in [0.5, 0.6) is 0 Å². The highest BCUT2D eigenvalue weighted by molar-refractivity contribution is 7.98. The van der Waals surface area contributed by atoms with Gasteiger partial charge in [0.25, 0.3) is 0 Å². The molecule has 0 amide bonds. The minimum Gasteiger partial charge on any atom is -0.233 e. The van der Waals surface area contributed by atoms with Crippen molar-refractivity contribution in [3.8, 4) is 0 Å². The van der Waals surface area contributed by atoms with Gasteiger partial charge in [0, 0.05) is 16.8 Å². The third-order valence-corrected chi connectivity index (χ3v) is 3.19. The van der Waals surface area contributed by atoms with Gasteiger partial charge < -0.3 is 0 Å². The molecule has 0 aliphatic carbocycles. The Bertz CT molecular complexity index is 199. The van der Waals surface area contributed by atoms with E-state index in [1.54, 1.807) is 11.3 Å². The first-order chi connectivity index (χ1) is 4.83. The number of rotatable bonds is 3. The average molecular weight is 194 g/mol. The van der Waals surface area contributed by atoms with Crippen molar-refractivity contribution in [1.82, 2.24) is 4.98 Å². The Hall–Kier alpha value is 0.270. The summed E-state index contributed by atoms with van der Waals surface area (Å²) in [4.78, 5) is 5.20. The first-order valence-corrected chi connectivity index (χ1v) is 5.35. The summed E-state index contributed by atoms with van der Waals surface area (Å²) >= 11 is 9.08. The number of thiazole rings is 1. The minimum atomic E-state index is 0.645. The van der Waals surface area contributed by atoms with Gasteiger partial charge in [-0.1, -0.05) is 18.5 Å². The molecule has 0 saturated carbocycles. The van der Waals surface area contributed by atoms with Crippen molar-refractivity contribution in [1.29, 1.82) is 0 Å². The molecule has 0 atom stereocenters. The molecule has 1 nitrogen and oxygen atoms in total. The fourth-order valence-electron chi connectivity index (χ4n) is 0.553. The molecule has 0 N–H and O–H groups in total. The fourth-order valence-corrected chi connectivity index (χ4v) is 2.29. The summed E-state index contributed by atoms with van der Waals surface area (Å²) in [5.74, 6) is 2.19. The third-order valence-electron chi connectivity index (χ3n) is 0.974. The average Bonchev–Trinajstić information content (AvgIpc) is 2.31. The van der Waals surface area contributed by atoms with Crippen molar-refractivity contribution in [3.63, 3.8) is 0 Å². The molecule has 0 saturated heterocycles. The summed E-state index contributed by atoms with van der Waals surface area (Å²) < 4.78 is 0.645. The number of hydrogen-bond acceptors (Lipinski definition) is 3. The second-order valence-corrected chi connectivity index (χ2v) is 4.69. The van der Waals surface area contributed by atoms with Gasteiger partial charge in [-0.2, -0.15) is 11.8 Å². The molecule has 10 heavy (non-hydrogen) atoms. The highest BCUT2D eigenvalue weighted by atomic mass is 35.5. The van der Waals surface area contributed by atoms with Crippen LogP contribution in [0.3, 0.4) is 0 Å². The van der Waals surface area contributed by atoms with Crippen LogP contribution in [-0.4, -0.2) is 10.7 Å². The lowest BCUT2D eigenvalue weighted by atomic mass is 10.6. The molecular formula is C6H8ClNS2. The van der Waals surface area contributed by atoms with E-state index in [1.165, 1.54) is 4.88 Å². The SMILES string of the molecule is CCSCc1cnc(Cl)s1. The second kappa shape index (κ2) is 4.21. The van der Waals surface area contributed by atoms with E-state index in [2.05, 4.69) is 11.9 Å². The van der Waals surface area contributed by atoms with E-state index in [1.807, 2.05) is 18.0 Å². The zero-order valence-electron chi connectivity index (χ0n) is 5.63. The summed E-state index contributed by atoms with van der Waals surface area (Å²) in [6.45, 7) is 2.15. The van der Waals surface area contributed by atoms with Crippen LogP contribution in [0.4, 0.5) is 0 Å². The first-order valence-electron chi connectivity index (χ1n) is 3.01. The van der Waals surface area contributed by atoms with E-state index in [0.717, 1.165) is 11.5 Å². The number of halogens is 1. The lowest BCUT2D eigenvalue weighted by Gasteiger charge is -1.89. The lowest BCUT2D eigenvalue weighted by Crippen LogP contribution is -1.72. The Balaban J connectivity index is 2.42. The highest BCUT2D eigenvalue weighted by Crippen LogP contribution is 2.21. The molecule has 1 aromatic heterocycles. The van der Waals surface area contributed by atoms with E-state index in [9.17, 15) is 0 Å². The van der Waals surface area contributed by atoms with Crippen molar-refractivity contribution < 1.29 is 0 Å². The third kappa shape index (κ3) is 2.48. The quantitative estimate of drug-likeness (QED) is 0.732. The first kappa shape index (κ1) is 8.37. The molecule has 1 rings (SSSR count). The van der Waals surface area contributed by atoms with Gasteiger partial charge in [-0.05, 0) is 5.75 Å². The topological polar surface area (TPSA) is 12.9 Å². The van der Waals surface area contributed by atoms with Crippen molar-refractivity contribution in [3.05, 3.63) is 15.5 Å². The van der Waals surface area contributed by atoms with E-state index in [4.69, 9.17) is 11.6 Å². The standard InChI is InChI=1S/C6H8ClNS2/c1-2-9-4-5-3-8-6(7)10-5/h3H,2,4H2,1H3. The van der Waals surface area contributed by atoms with E-state index in [-0.39, 0.29) is 0 Å². The van der Waals surface area contributed by atoms with Gasteiger partial charge >= 0.3 is 0 Å². The number of thioether (sulfide) groups is 1. The maximum atomic E-state index is 5.64. The predicted octanol–water partition coefficient (Wildman–Crippen LogP) is 3.05. The summed E-state index contributed by atoms with van der Waals surface area (Å²) in [6.07, 6.45) is 1.84. The summed E-state index contributed by atoms with van der Waals surface area (Å²) in [7, 11) is 0. The summed E-state index contributed by atoms with van der Waals surface area (Å²) in [6, 6.07) is 0. The van der Waals surface area contributed by atoms with E-state index < -0.39 is 0 Å². The van der Waals surface area contributed by atoms with Gasteiger partial charge in [0.15, 0.2) is 4.47 Å². The molecule has 0 unspecified atom stereocenters. The Labute approximate surface area is 73.8 Å². The summed E-state index contributed by atoms with van der Waals surface area (Å²) in [5, 5.41) is 0. The maximum absolute atomic E-state index is 5.64. The Morgan fingerprint density at radius 1 is 1.80 bits per heavy atom. The highest BCUT2D eigenvalue weighted by Gasteiger charge is 1.97. The van der Waals surface area contributed by atoms with E-state index >= 15 is 0 Å². The van der Waals surface area contributed by atoms with Crippen LogP contribution in [-0.2, 0) is 5.75 Å². The predicted molar refractivity (Wildman–Crippen MR) is 49.0 cm³/mol. The zero-order valence-corrected chi connectivity index (χ0v) is 8.02. The lowest BCUT2D eigenvalue weighted by molar-refractivity contribution is 1.36. The molecule has 4 heteroatoms. The van der Waals surface area contributed by atoms with Crippen LogP contribution in [0.15, 0.2) is 6.20 Å². The number of aromatic nitrogens is 1. The molecular weight excluding hydrogens is 186 g/mol. The zero-order chi connectivity index (χ0) is 7.40. The van der Waals surface area contributed by atoms with Gasteiger partial charge in [0.2, 0.25) is 0 Å². The molecule has 0 aromatic carbocycles. The van der Waals surface area contributed by atoms with Crippen molar-refractivity contribution in [2.24, 2.45) is 0 Å². The van der Waals surface area contributed by atoms with Crippen molar-refractivity contribution in [2.45, 2.75) is 12.7 Å². The minimum absolute atomic E-state index is 0.645. The Morgan fingerprint density at radius 2 is 2.60 bits per heavy atom. The fraction of sp³-hybridized carbons (Fsp3) is 0.500. The molecule has 0 fully saturated rings. The second-order valence-electron chi connectivity index (χ2n) is 1.72. The van der Waals surface area contributed by atoms with Crippen molar-refractivity contribution >= 4 is 34.7 Å². The molecule has 56 valence electrons. The Kier molecular flexibility index (Phi) is 3.52. The normalized spacial score (nSPS) is 10.2. The van der Waals surface area contributed by atoms with Crippen LogP contribution in [0, 0.1) is 0 Å². The van der Waals surface area contributed by atoms with Crippen LogP contribution in [0.1, 0.15) is 11.8 Å². The molecule has 1 aromatic rings. The Morgan fingerprint density at radius 3 is 3.10 bits per heavy atom. The molecule has 1 heterocycles. The monoisotopic (exact) mass is 193 g/mol.